The van der Waals surface area contributed by atoms with E-state index >= 15 is 0 Å². The van der Waals surface area contributed by atoms with Gasteiger partial charge < -0.3 is 25.4 Å². The van der Waals surface area contributed by atoms with Crippen molar-refractivity contribution in [1.29, 1.82) is 0 Å². The average Bonchev–Trinajstić information content (AvgIpc) is 3.43. The van der Waals surface area contributed by atoms with Crippen molar-refractivity contribution in [2.75, 3.05) is 18.5 Å². The van der Waals surface area contributed by atoms with Crippen LogP contribution in [0.15, 0.2) is 24.3 Å². The maximum absolute atomic E-state index is 14.1. The summed E-state index contributed by atoms with van der Waals surface area (Å²) in [5.74, 6) is -2.43. The van der Waals surface area contributed by atoms with Gasteiger partial charge >= 0.3 is 0 Å². The fourth-order valence-electron chi connectivity index (χ4n) is 6.43. The molecule has 4 rings (SSSR count). The third kappa shape index (κ3) is 4.03. The maximum Gasteiger partial charge on any atom is 0.250 e. The van der Waals surface area contributed by atoms with Crippen LogP contribution in [0.3, 0.4) is 0 Å². The Labute approximate surface area is 211 Å². The largest absolute Gasteiger partial charge is 0.394 e. The third-order valence-corrected chi connectivity index (χ3v) is 8.38. The molecule has 1 aromatic carbocycles. The number of hydrogen-bond donors (Lipinski definition) is 3. The van der Waals surface area contributed by atoms with Gasteiger partial charge in [-0.25, -0.2) is 0 Å². The zero-order chi connectivity index (χ0) is 25.5. The van der Waals surface area contributed by atoms with Crippen LogP contribution in [0.1, 0.15) is 53.4 Å². The molecule has 3 aliphatic heterocycles. The van der Waals surface area contributed by atoms with Gasteiger partial charge in [0.2, 0.25) is 17.7 Å². The number of halogens is 1. The first-order valence-corrected chi connectivity index (χ1v) is 13.0. The molecule has 0 radical (unpaired) electrons. The lowest BCUT2D eigenvalue weighted by Crippen LogP contribution is -2.57. The summed E-state index contributed by atoms with van der Waals surface area (Å²) in [5, 5.41) is 16.7. The first kappa shape index (κ1) is 25.9. The predicted octanol–water partition coefficient (Wildman–Crippen LogP) is 2.98. The molecule has 3 fully saturated rings. The highest BCUT2D eigenvalue weighted by Crippen LogP contribution is 2.64. The number of anilines is 1. The molecule has 1 aromatic rings. The molecular formula is C26H36ClN3O5. The van der Waals surface area contributed by atoms with Crippen molar-refractivity contribution in [3.63, 3.8) is 0 Å². The van der Waals surface area contributed by atoms with Crippen LogP contribution in [0.5, 0.6) is 0 Å². The summed E-state index contributed by atoms with van der Waals surface area (Å²) in [6.45, 7) is 7.98. The van der Waals surface area contributed by atoms with E-state index in [-0.39, 0.29) is 30.2 Å². The molecule has 6 atom stereocenters. The number of aliphatic hydroxyl groups is 1. The molecule has 3 N–H and O–H groups in total. The molecule has 3 saturated heterocycles. The number of benzene rings is 1. The lowest BCUT2D eigenvalue weighted by Gasteiger charge is -2.38. The van der Waals surface area contributed by atoms with Gasteiger partial charge in [0.05, 0.1) is 30.1 Å². The van der Waals surface area contributed by atoms with E-state index in [1.54, 1.807) is 24.3 Å². The lowest BCUT2D eigenvalue weighted by atomic mass is 9.65. The Morgan fingerprint density at radius 1 is 1.20 bits per heavy atom. The smallest absolute Gasteiger partial charge is 0.250 e. The van der Waals surface area contributed by atoms with E-state index in [1.165, 1.54) is 4.90 Å². The lowest BCUT2D eigenvalue weighted by molar-refractivity contribution is -0.150. The van der Waals surface area contributed by atoms with Gasteiger partial charge in [-0.15, -0.1) is 0 Å². The Balaban J connectivity index is 1.78. The van der Waals surface area contributed by atoms with Crippen LogP contribution in [0.4, 0.5) is 5.69 Å². The molecule has 35 heavy (non-hydrogen) atoms. The highest BCUT2D eigenvalue weighted by atomic mass is 35.5. The van der Waals surface area contributed by atoms with Crippen LogP contribution in [-0.2, 0) is 19.1 Å². The van der Waals surface area contributed by atoms with Gasteiger partial charge in [0.15, 0.2) is 0 Å². The molecule has 3 heterocycles. The second-order valence-corrected chi connectivity index (χ2v) is 10.8. The molecule has 9 heteroatoms. The van der Waals surface area contributed by atoms with E-state index in [0.717, 1.165) is 6.42 Å². The van der Waals surface area contributed by atoms with Crippen molar-refractivity contribution >= 4 is 35.0 Å². The monoisotopic (exact) mass is 505 g/mol. The van der Waals surface area contributed by atoms with Gasteiger partial charge in [0, 0.05) is 17.3 Å². The molecule has 3 aliphatic rings. The van der Waals surface area contributed by atoms with Crippen LogP contribution < -0.4 is 10.6 Å². The fraction of sp³-hybridized carbons (Fsp3) is 0.654. The SMILES string of the molecule is CCCNC(=O)[C@H]1[C@H]2C(=O)N([C@@H](CO)C(C)C)C(C(=O)Nc3ccc(Cl)cc3)C23CC[C@]1(CC)O3. The first-order chi connectivity index (χ1) is 16.7. The Morgan fingerprint density at radius 3 is 2.46 bits per heavy atom. The summed E-state index contributed by atoms with van der Waals surface area (Å²) in [5.41, 5.74) is -1.36. The number of carbonyl (C=O) groups is 3. The zero-order valence-corrected chi connectivity index (χ0v) is 21.6. The number of nitrogens with one attached hydrogen (secondary N) is 2. The van der Waals surface area contributed by atoms with Crippen molar-refractivity contribution < 1.29 is 24.2 Å². The second-order valence-electron chi connectivity index (χ2n) is 10.4. The highest BCUT2D eigenvalue weighted by Gasteiger charge is 2.79. The Bertz CT molecular complexity index is 986. The standard InChI is InChI=1S/C26H36ClN3O5/c1-5-13-28-22(32)19-20-24(34)30(18(14-31)15(3)4)21(26(20)12-11-25(19,6-2)35-26)23(33)29-17-9-7-16(27)8-10-17/h7-10,15,18-21,31H,5-6,11-14H2,1-4H3,(H,28,32)(H,29,33)/t18-,19+,20-,21?,25-,26?/m0/s1. The van der Waals surface area contributed by atoms with E-state index in [2.05, 4.69) is 10.6 Å². The van der Waals surface area contributed by atoms with Gasteiger partial charge in [0.1, 0.15) is 11.6 Å². The van der Waals surface area contributed by atoms with Crippen molar-refractivity contribution in [2.24, 2.45) is 17.8 Å². The van der Waals surface area contributed by atoms with Gasteiger partial charge in [0.25, 0.3) is 0 Å². The quantitative estimate of drug-likeness (QED) is 0.478. The normalized spacial score (nSPS) is 32.1. The molecule has 2 bridgehead atoms. The number of fused-ring (bicyclic) bond motifs is 1. The highest BCUT2D eigenvalue weighted by molar-refractivity contribution is 6.30. The summed E-state index contributed by atoms with van der Waals surface area (Å²) >= 11 is 6.00. The average molecular weight is 506 g/mol. The molecular weight excluding hydrogens is 470 g/mol. The van der Waals surface area contributed by atoms with Crippen LogP contribution in [0.25, 0.3) is 0 Å². The Morgan fingerprint density at radius 2 is 1.89 bits per heavy atom. The van der Waals surface area contributed by atoms with Crippen molar-refractivity contribution in [1.82, 2.24) is 10.2 Å². The van der Waals surface area contributed by atoms with Gasteiger partial charge in [-0.05, 0) is 55.9 Å². The minimum absolute atomic E-state index is 0.102. The number of ether oxygens (including phenoxy) is 1. The second kappa shape index (κ2) is 9.71. The zero-order valence-electron chi connectivity index (χ0n) is 20.8. The number of likely N-dealkylation sites (tertiary alicyclic amines) is 1. The maximum atomic E-state index is 14.1. The van der Waals surface area contributed by atoms with Crippen molar-refractivity contribution in [3.8, 4) is 0 Å². The number of carbonyl (C=O) groups excluding carboxylic acids is 3. The summed E-state index contributed by atoms with van der Waals surface area (Å²) in [7, 11) is 0. The summed E-state index contributed by atoms with van der Waals surface area (Å²) in [6.07, 6.45) is 2.45. The summed E-state index contributed by atoms with van der Waals surface area (Å²) < 4.78 is 6.71. The molecule has 0 saturated carbocycles. The number of rotatable bonds is 9. The minimum Gasteiger partial charge on any atom is -0.394 e. The topological polar surface area (TPSA) is 108 Å². The molecule has 1 spiro atoms. The molecule has 2 unspecified atom stereocenters. The van der Waals surface area contributed by atoms with E-state index < -0.39 is 35.1 Å². The van der Waals surface area contributed by atoms with E-state index in [1.807, 2.05) is 27.7 Å². The van der Waals surface area contributed by atoms with Gasteiger partial charge in [-0.1, -0.05) is 39.3 Å². The number of aliphatic hydroxyl groups excluding tert-OH is 1. The Kier molecular flexibility index (Phi) is 7.19. The molecule has 192 valence electrons. The Hall–Kier alpha value is -2.16. The first-order valence-electron chi connectivity index (χ1n) is 12.6. The van der Waals surface area contributed by atoms with Crippen molar-refractivity contribution in [2.45, 2.75) is 76.7 Å². The van der Waals surface area contributed by atoms with Gasteiger partial charge in [-0.3, -0.25) is 14.4 Å². The minimum atomic E-state index is -1.12. The van der Waals surface area contributed by atoms with Crippen LogP contribution in [0.2, 0.25) is 5.02 Å². The molecule has 0 aliphatic carbocycles. The predicted molar refractivity (Wildman–Crippen MR) is 133 cm³/mol. The molecule has 8 nitrogen and oxygen atoms in total. The molecule has 0 aromatic heterocycles. The summed E-state index contributed by atoms with van der Waals surface area (Å²) in [6, 6.07) is 5.21. The number of hydrogen-bond acceptors (Lipinski definition) is 5. The van der Waals surface area contributed by atoms with Crippen LogP contribution in [0, 0.1) is 17.8 Å². The van der Waals surface area contributed by atoms with E-state index in [0.29, 0.717) is 36.5 Å². The van der Waals surface area contributed by atoms with E-state index in [9.17, 15) is 19.5 Å². The van der Waals surface area contributed by atoms with Crippen molar-refractivity contribution in [3.05, 3.63) is 29.3 Å². The van der Waals surface area contributed by atoms with E-state index in [4.69, 9.17) is 16.3 Å². The van der Waals surface area contributed by atoms with Crippen LogP contribution in [-0.4, -0.2) is 64.2 Å². The summed E-state index contributed by atoms with van der Waals surface area (Å²) in [4.78, 5) is 42.9. The number of amides is 3. The van der Waals surface area contributed by atoms with Crippen LogP contribution >= 0.6 is 11.6 Å². The third-order valence-electron chi connectivity index (χ3n) is 8.12. The number of nitrogens with zero attached hydrogens (tertiary/aromatic N) is 1. The fourth-order valence-corrected chi connectivity index (χ4v) is 6.56. The molecule has 3 amide bonds. The van der Waals surface area contributed by atoms with Gasteiger partial charge in [-0.2, -0.15) is 0 Å².